The van der Waals surface area contributed by atoms with Crippen molar-refractivity contribution in [2.45, 2.75) is 45.2 Å². The molecule has 1 unspecified atom stereocenters. The number of aliphatic carboxylic acids is 1. The molecule has 0 amide bonds. The Morgan fingerprint density at radius 3 is 3.05 bits per heavy atom. The molecule has 0 bridgehead atoms. The van der Waals surface area contributed by atoms with Gasteiger partial charge in [-0.05, 0) is 44.0 Å². The van der Waals surface area contributed by atoms with Crippen molar-refractivity contribution in [1.29, 1.82) is 0 Å². The van der Waals surface area contributed by atoms with Gasteiger partial charge < -0.3 is 9.84 Å². The van der Waals surface area contributed by atoms with Gasteiger partial charge in [-0.15, -0.1) is 0 Å². The first-order valence-corrected chi connectivity index (χ1v) is 7.36. The summed E-state index contributed by atoms with van der Waals surface area (Å²) in [4.78, 5) is 13.3. The van der Waals surface area contributed by atoms with E-state index in [9.17, 15) is 4.79 Å². The molecule has 1 aliphatic heterocycles. The van der Waals surface area contributed by atoms with Crippen LogP contribution in [0.15, 0.2) is 24.3 Å². The van der Waals surface area contributed by atoms with Crippen molar-refractivity contribution >= 4 is 5.97 Å². The van der Waals surface area contributed by atoms with Crippen LogP contribution in [0.5, 0.6) is 5.75 Å². The fourth-order valence-corrected chi connectivity index (χ4v) is 2.84. The average Bonchev–Trinajstić information content (AvgIpc) is 2.41. The molecule has 1 aromatic rings. The Bertz CT molecular complexity index is 447. The van der Waals surface area contributed by atoms with E-state index in [4.69, 9.17) is 9.84 Å². The van der Waals surface area contributed by atoms with E-state index < -0.39 is 5.97 Å². The zero-order valence-corrected chi connectivity index (χ0v) is 12.0. The molecular weight excluding hydrogens is 254 g/mol. The summed E-state index contributed by atoms with van der Waals surface area (Å²) in [6.45, 7) is 4.42. The molecule has 0 radical (unpaired) electrons. The van der Waals surface area contributed by atoms with Crippen molar-refractivity contribution < 1.29 is 14.6 Å². The molecule has 20 heavy (non-hydrogen) atoms. The fourth-order valence-electron chi connectivity index (χ4n) is 2.84. The first-order chi connectivity index (χ1) is 9.69. The highest BCUT2D eigenvalue weighted by atomic mass is 16.5. The van der Waals surface area contributed by atoms with Crippen molar-refractivity contribution in [3.05, 3.63) is 29.8 Å². The molecule has 1 N–H and O–H groups in total. The van der Waals surface area contributed by atoms with Crippen molar-refractivity contribution in [1.82, 2.24) is 4.90 Å². The number of carboxylic acid groups (broad SMARTS) is 1. The summed E-state index contributed by atoms with van der Waals surface area (Å²) in [7, 11) is 0. The van der Waals surface area contributed by atoms with E-state index in [0.717, 1.165) is 38.1 Å². The SMILES string of the molecule is CCOc1cccc(CN2CCCCC2CC(=O)O)c1. The molecule has 4 heteroatoms. The molecule has 1 heterocycles. The lowest BCUT2D eigenvalue weighted by molar-refractivity contribution is -0.138. The Morgan fingerprint density at radius 1 is 1.45 bits per heavy atom. The topological polar surface area (TPSA) is 49.8 Å². The lowest BCUT2D eigenvalue weighted by Crippen LogP contribution is -2.40. The standard InChI is InChI=1S/C16H23NO3/c1-2-20-15-8-5-6-13(10-15)12-17-9-4-3-7-14(17)11-16(18)19/h5-6,8,10,14H,2-4,7,9,11-12H2,1H3,(H,18,19). The summed E-state index contributed by atoms with van der Waals surface area (Å²) < 4.78 is 5.51. The van der Waals surface area contributed by atoms with Crippen LogP contribution in [0.25, 0.3) is 0 Å². The van der Waals surface area contributed by atoms with Crippen LogP contribution >= 0.6 is 0 Å². The van der Waals surface area contributed by atoms with E-state index in [1.807, 2.05) is 19.1 Å². The van der Waals surface area contributed by atoms with E-state index in [1.165, 1.54) is 5.56 Å². The molecule has 1 aliphatic rings. The van der Waals surface area contributed by atoms with Gasteiger partial charge in [-0.25, -0.2) is 0 Å². The lowest BCUT2D eigenvalue weighted by atomic mass is 9.98. The third-order valence-electron chi connectivity index (χ3n) is 3.75. The molecule has 1 aromatic carbocycles. The summed E-state index contributed by atoms with van der Waals surface area (Å²) in [5.74, 6) is 0.182. The third-order valence-corrected chi connectivity index (χ3v) is 3.75. The second-order valence-electron chi connectivity index (χ2n) is 5.30. The van der Waals surface area contributed by atoms with E-state index in [-0.39, 0.29) is 12.5 Å². The Balaban J connectivity index is 2.02. The summed E-state index contributed by atoms with van der Waals surface area (Å²) in [5.41, 5.74) is 1.19. The highest BCUT2D eigenvalue weighted by Gasteiger charge is 2.24. The number of piperidine rings is 1. The molecule has 0 saturated carbocycles. The third kappa shape index (κ3) is 4.23. The average molecular weight is 277 g/mol. The van der Waals surface area contributed by atoms with Gasteiger partial charge in [0.2, 0.25) is 0 Å². The minimum atomic E-state index is -0.704. The Morgan fingerprint density at radius 2 is 2.30 bits per heavy atom. The lowest BCUT2D eigenvalue weighted by Gasteiger charge is -2.35. The molecule has 2 rings (SSSR count). The van der Waals surface area contributed by atoms with Gasteiger partial charge in [0.1, 0.15) is 5.75 Å². The quantitative estimate of drug-likeness (QED) is 0.868. The van der Waals surface area contributed by atoms with Crippen molar-refractivity contribution in [3.8, 4) is 5.75 Å². The maximum atomic E-state index is 11.0. The van der Waals surface area contributed by atoms with Gasteiger partial charge in [0, 0.05) is 12.6 Å². The van der Waals surface area contributed by atoms with Crippen LogP contribution in [0.4, 0.5) is 0 Å². The number of rotatable bonds is 6. The van der Waals surface area contributed by atoms with Crippen LogP contribution in [0.1, 0.15) is 38.2 Å². The van der Waals surface area contributed by atoms with Crippen LogP contribution in [-0.4, -0.2) is 35.2 Å². The van der Waals surface area contributed by atoms with Crippen molar-refractivity contribution in [2.24, 2.45) is 0 Å². The van der Waals surface area contributed by atoms with E-state index in [0.29, 0.717) is 6.61 Å². The molecule has 1 fully saturated rings. The van der Waals surface area contributed by atoms with Crippen LogP contribution < -0.4 is 4.74 Å². The number of carboxylic acids is 1. The van der Waals surface area contributed by atoms with Gasteiger partial charge in [-0.3, -0.25) is 9.69 Å². The molecular formula is C16H23NO3. The predicted octanol–water partition coefficient (Wildman–Crippen LogP) is 2.91. The largest absolute Gasteiger partial charge is 0.494 e. The number of hydrogen-bond donors (Lipinski definition) is 1. The van der Waals surface area contributed by atoms with Gasteiger partial charge >= 0.3 is 5.97 Å². The molecule has 4 nitrogen and oxygen atoms in total. The molecule has 1 saturated heterocycles. The minimum Gasteiger partial charge on any atom is -0.494 e. The van der Waals surface area contributed by atoms with Crippen molar-refractivity contribution in [3.63, 3.8) is 0 Å². The number of hydrogen-bond acceptors (Lipinski definition) is 3. The molecule has 0 aliphatic carbocycles. The number of nitrogens with zero attached hydrogens (tertiary/aromatic N) is 1. The maximum absolute atomic E-state index is 11.0. The van der Waals surface area contributed by atoms with Gasteiger partial charge in [-0.1, -0.05) is 18.6 Å². The first kappa shape index (κ1) is 14.9. The smallest absolute Gasteiger partial charge is 0.304 e. The molecule has 0 spiro atoms. The Labute approximate surface area is 120 Å². The second-order valence-corrected chi connectivity index (χ2v) is 5.30. The summed E-state index contributed by atoms with van der Waals surface area (Å²) in [6.07, 6.45) is 3.51. The fraction of sp³-hybridized carbons (Fsp3) is 0.562. The van der Waals surface area contributed by atoms with Gasteiger partial charge in [0.15, 0.2) is 0 Å². The maximum Gasteiger partial charge on any atom is 0.304 e. The second kappa shape index (κ2) is 7.29. The zero-order chi connectivity index (χ0) is 14.4. The monoisotopic (exact) mass is 277 g/mol. The van der Waals surface area contributed by atoms with E-state index in [1.54, 1.807) is 0 Å². The van der Waals surface area contributed by atoms with Crippen molar-refractivity contribution in [2.75, 3.05) is 13.2 Å². The van der Waals surface area contributed by atoms with Gasteiger partial charge in [0.05, 0.1) is 13.0 Å². The van der Waals surface area contributed by atoms with E-state index in [2.05, 4.69) is 17.0 Å². The molecule has 1 atom stereocenters. The minimum absolute atomic E-state index is 0.164. The number of carbonyl (C=O) groups is 1. The van der Waals surface area contributed by atoms with Crippen LogP contribution in [-0.2, 0) is 11.3 Å². The van der Waals surface area contributed by atoms with Crippen LogP contribution in [0.2, 0.25) is 0 Å². The number of ether oxygens (including phenoxy) is 1. The molecule has 110 valence electrons. The van der Waals surface area contributed by atoms with Gasteiger partial charge in [-0.2, -0.15) is 0 Å². The molecule has 0 aromatic heterocycles. The summed E-state index contributed by atoms with van der Waals surface area (Å²) in [5, 5.41) is 9.02. The first-order valence-electron chi connectivity index (χ1n) is 7.36. The predicted molar refractivity (Wildman–Crippen MR) is 77.9 cm³/mol. The van der Waals surface area contributed by atoms with Crippen LogP contribution in [0, 0.1) is 0 Å². The Hall–Kier alpha value is -1.55. The summed E-state index contributed by atoms with van der Waals surface area (Å²) in [6, 6.07) is 8.25. The summed E-state index contributed by atoms with van der Waals surface area (Å²) >= 11 is 0. The van der Waals surface area contributed by atoms with E-state index >= 15 is 0 Å². The number of benzene rings is 1. The highest BCUT2D eigenvalue weighted by Crippen LogP contribution is 2.23. The van der Waals surface area contributed by atoms with Gasteiger partial charge in [0.25, 0.3) is 0 Å². The zero-order valence-electron chi connectivity index (χ0n) is 12.0. The number of likely N-dealkylation sites (tertiary alicyclic amines) is 1. The Kier molecular flexibility index (Phi) is 5.41. The normalized spacial score (nSPS) is 19.8. The highest BCUT2D eigenvalue weighted by molar-refractivity contribution is 5.67. The van der Waals surface area contributed by atoms with Crippen LogP contribution in [0.3, 0.4) is 0 Å².